The fraction of sp³-hybridized carbons (Fsp3) is 0.579. The van der Waals surface area contributed by atoms with E-state index in [-0.39, 0.29) is 23.4 Å². The van der Waals surface area contributed by atoms with Gasteiger partial charge in [-0.3, -0.25) is 24.6 Å². The van der Waals surface area contributed by atoms with Crippen molar-refractivity contribution in [1.29, 1.82) is 0 Å². The summed E-state index contributed by atoms with van der Waals surface area (Å²) in [5.74, 6) is -0.239. The van der Waals surface area contributed by atoms with Crippen molar-refractivity contribution in [2.24, 2.45) is 5.92 Å². The van der Waals surface area contributed by atoms with E-state index in [1.54, 1.807) is 12.1 Å². The van der Waals surface area contributed by atoms with E-state index in [0.717, 1.165) is 31.2 Å². The van der Waals surface area contributed by atoms with Gasteiger partial charge in [0.2, 0.25) is 11.8 Å². The Morgan fingerprint density at radius 3 is 2.36 bits per heavy atom. The van der Waals surface area contributed by atoms with Gasteiger partial charge in [0.15, 0.2) is 0 Å². The quantitative estimate of drug-likeness (QED) is 0.312. The molecule has 2 amide bonds. The second kappa shape index (κ2) is 6.94. The first-order valence-electron chi connectivity index (χ1n) is 9.10. The number of carbonyl (C=O) groups excluding carboxylic acids is 2. The highest BCUT2D eigenvalue weighted by Gasteiger charge is 2.61. The number of fused-ring (bicyclic) bond motifs is 2. The third-order valence-electron chi connectivity index (χ3n) is 5.58. The predicted molar refractivity (Wildman–Crippen MR) is 93.0 cm³/mol. The highest BCUT2D eigenvalue weighted by molar-refractivity contribution is 6.07. The Morgan fingerprint density at radius 1 is 1.12 bits per heavy atom. The lowest BCUT2D eigenvalue weighted by Gasteiger charge is -2.53. The van der Waals surface area contributed by atoms with Crippen molar-refractivity contribution in [2.75, 3.05) is 6.54 Å². The summed E-state index contributed by atoms with van der Waals surface area (Å²) in [5, 5.41) is 10.8. The number of non-ortho nitro benzene ring substituents is 1. The lowest BCUT2D eigenvalue weighted by atomic mass is 9.55. The predicted octanol–water partition coefficient (Wildman–Crippen LogP) is 3.58. The number of nitro benzene ring substituents is 1. The van der Waals surface area contributed by atoms with Crippen LogP contribution in [0.15, 0.2) is 24.3 Å². The average molecular weight is 344 g/mol. The van der Waals surface area contributed by atoms with Crippen LogP contribution in [0.3, 0.4) is 0 Å². The van der Waals surface area contributed by atoms with Gasteiger partial charge in [-0.05, 0) is 24.8 Å². The van der Waals surface area contributed by atoms with Gasteiger partial charge in [0, 0.05) is 24.6 Å². The Labute approximate surface area is 147 Å². The average Bonchev–Trinajstić information content (AvgIpc) is 2.56. The van der Waals surface area contributed by atoms with Crippen molar-refractivity contribution in [3.8, 4) is 0 Å². The van der Waals surface area contributed by atoms with Crippen LogP contribution >= 0.6 is 0 Å². The summed E-state index contributed by atoms with van der Waals surface area (Å²) in [6.45, 7) is 2.64. The summed E-state index contributed by atoms with van der Waals surface area (Å²) in [6.07, 6.45) is 6.41. The molecular formula is C19H24N2O4. The molecule has 2 saturated heterocycles. The number of imide groups is 1. The smallest absolute Gasteiger partial charge is 0.269 e. The maximum absolute atomic E-state index is 13.0. The monoisotopic (exact) mass is 344 g/mol. The maximum Gasteiger partial charge on any atom is 0.269 e. The van der Waals surface area contributed by atoms with Crippen LogP contribution in [0.1, 0.15) is 57.4 Å². The highest BCUT2D eigenvalue weighted by atomic mass is 16.6. The zero-order valence-electron chi connectivity index (χ0n) is 14.6. The fourth-order valence-electron chi connectivity index (χ4n) is 4.06. The number of nitro groups is 1. The van der Waals surface area contributed by atoms with Gasteiger partial charge in [0.1, 0.15) is 0 Å². The summed E-state index contributed by atoms with van der Waals surface area (Å²) >= 11 is 0. The molecule has 2 aliphatic heterocycles. The van der Waals surface area contributed by atoms with Crippen molar-refractivity contribution < 1.29 is 14.5 Å². The summed E-state index contributed by atoms with van der Waals surface area (Å²) in [4.78, 5) is 37.2. The molecule has 0 spiro atoms. The molecule has 3 fully saturated rings. The molecule has 1 aromatic carbocycles. The van der Waals surface area contributed by atoms with Gasteiger partial charge >= 0.3 is 0 Å². The number of nitrogens with zero attached hydrogens (tertiary/aromatic N) is 2. The van der Waals surface area contributed by atoms with Gasteiger partial charge < -0.3 is 0 Å². The minimum atomic E-state index is -0.656. The molecule has 6 heteroatoms. The van der Waals surface area contributed by atoms with Crippen LogP contribution in [-0.2, 0) is 15.0 Å². The third kappa shape index (κ3) is 3.05. The molecular weight excluding hydrogens is 320 g/mol. The van der Waals surface area contributed by atoms with Crippen molar-refractivity contribution in [1.82, 2.24) is 4.90 Å². The largest absolute Gasteiger partial charge is 0.282 e. The zero-order valence-corrected chi connectivity index (χ0v) is 14.6. The first-order chi connectivity index (χ1) is 12.0. The van der Waals surface area contributed by atoms with Crippen molar-refractivity contribution >= 4 is 17.5 Å². The third-order valence-corrected chi connectivity index (χ3v) is 5.58. The molecule has 0 radical (unpaired) electrons. The van der Waals surface area contributed by atoms with Gasteiger partial charge in [-0.2, -0.15) is 0 Å². The van der Waals surface area contributed by atoms with E-state index < -0.39 is 10.3 Å². The summed E-state index contributed by atoms with van der Waals surface area (Å²) in [7, 11) is 0. The topological polar surface area (TPSA) is 80.5 Å². The normalized spacial score (nSPS) is 25.0. The summed E-state index contributed by atoms with van der Waals surface area (Å²) in [5.41, 5.74) is 0.155. The Morgan fingerprint density at radius 2 is 1.76 bits per heavy atom. The molecule has 1 aromatic rings. The Bertz CT molecular complexity index is 677. The Balaban J connectivity index is 1.71. The van der Waals surface area contributed by atoms with Gasteiger partial charge in [-0.25, -0.2) is 0 Å². The molecule has 6 nitrogen and oxygen atoms in total. The SMILES string of the molecule is CCCCCCCN1C(=O)C2CC(c3ccc([N+](=O)[O-])cc3)(C2)C1=O. The van der Waals surface area contributed by atoms with E-state index in [1.807, 2.05) is 0 Å². The van der Waals surface area contributed by atoms with Gasteiger partial charge in [0.05, 0.1) is 10.3 Å². The number of hydrogen-bond acceptors (Lipinski definition) is 4. The Kier molecular flexibility index (Phi) is 4.88. The van der Waals surface area contributed by atoms with E-state index in [1.165, 1.54) is 23.5 Å². The lowest BCUT2D eigenvalue weighted by Crippen LogP contribution is -2.65. The number of amides is 2. The minimum Gasteiger partial charge on any atom is -0.282 e. The van der Waals surface area contributed by atoms with Crippen LogP contribution in [-0.4, -0.2) is 28.2 Å². The van der Waals surface area contributed by atoms with Crippen molar-refractivity contribution in [3.63, 3.8) is 0 Å². The maximum atomic E-state index is 13.0. The molecule has 134 valence electrons. The second-order valence-corrected chi connectivity index (χ2v) is 7.20. The number of piperidine rings is 2. The second-order valence-electron chi connectivity index (χ2n) is 7.20. The van der Waals surface area contributed by atoms with Crippen LogP contribution in [0, 0.1) is 16.0 Å². The van der Waals surface area contributed by atoms with Gasteiger partial charge in [0.25, 0.3) is 5.69 Å². The number of hydrogen-bond donors (Lipinski definition) is 0. The number of benzene rings is 1. The molecule has 0 N–H and O–H groups in total. The summed E-state index contributed by atoms with van der Waals surface area (Å²) in [6, 6.07) is 6.22. The van der Waals surface area contributed by atoms with Crippen molar-refractivity contribution in [3.05, 3.63) is 39.9 Å². The molecule has 2 bridgehead atoms. The first-order valence-corrected chi connectivity index (χ1v) is 9.10. The lowest BCUT2D eigenvalue weighted by molar-refractivity contribution is -0.384. The number of rotatable bonds is 8. The molecule has 1 saturated carbocycles. The van der Waals surface area contributed by atoms with E-state index in [4.69, 9.17) is 0 Å². The molecule has 1 aliphatic carbocycles. The zero-order chi connectivity index (χ0) is 18.0. The van der Waals surface area contributed by atoms with E-state index in [0.29, 0.717) is 19.4 Å². The van der Waals surface area contributed by atoms with Crippen LogP contribution < -0.4 is 0 Å². The fourth-order valence-corrected chi connectivity index (χ4v) is 4.06. The minimum absolute atomic E-state index is 0.0168. The number of carbonyl (C=O) groups is 2. The molecule has 0 aromatic heterocycles. The Hall–Kier alpha value is -2.24. The molecule has 0 atom stereocenters. The molecule has 4 rings (SSSR count). The standard InChI is InChI=1S/C19H24N2O4/c1-2-3-4-5-6-11-20-17(22)14-12-19(13-14,18(20)23)15-7-9-16(10-8-15)21(24)25/h7-10,14H,2-6,11-13H2,1H3. The van der Waals surface area contributed by atoms with Crippen molar-refractivity contribution in [2.45, 2.75) is 57.3 Å². The van der Waals surface area contributed by atoms with E-state index in [9.17, 15) is 19.7 Å². The van der Waals surface area contributed by atoms with Crippen LogP contribution in [0.2, 0.25) is 0 Å². The van der Waals surface area contributed by atoms with Crippen LogP contribution in [0.4, 0.5) is 5.69 Å². The van der Waals surface area contributed by atoms with Gasteiger partial charge in [-0.1, -0.05) is 44.7 Å². The molecule has 3 aliphatic rings. The first kappa shape index (κ1) is 17.6. The van der Waals surface area contributed by atoms with Crippen LogP contribution in [0.5, 0.6) is 0 Å². The number of unbranched alkanes of at least 4 members (excludes halogenated alkanes) is 4. The van der Waals surface area contributed by atoms with Crippen LogP contribution in [0.25, 0.3) is 0 Å². The molecule has 0 unspecified atom stereocenters. The van der Waals surface area contributed by atoms with E-state index >= 15 is 0 Å². The molecule has 25 heavy (non-hydrogen) atoms. The van der Waals surface area contributed by atoms with E-state index in [2.05, 4.69) is 6.92 Å². The summed E-state index contributed by atoms with van der Waals surface area (Å²) < 4.78 is 0. The highest BCUT2D eigenvalue weighted by Crippen LogP contribution is 2.53. The van der Waals surface area contributed by atoms with Gasteiger partial charge in [-0.15, -0.1) is 0 Å². The molecule has 2 heterocycles.